The lowest BCUT2D eigenvalue weighted by Crippen LogP contribution is -1.85. The molecule has 0 spiro atoms. The average molecular weight is 255 g/mol. The first kappa shape index (κ1) is 11.3. The highest BCUT2D eigenvalue weighted by Gasteiger charge is 2.03. The van der Waals surface area contributed by atoms with E-state index in [2.05, 4.69) is 41.3 Å². The molecule has 3 aromatic rings. The highest BCUT2D eigenvalue weighted by molar-refractivity contribution is 7.98. The number of fused-ring (bicyclic) bond motifs is 1. The second kappa shape index (κ2) is 4.82. The molecule has 2 heterocycles. The van der Waals surface area contributed by atoms with E-state index < -0.39 is 0 Å². The largest absolute Gasteiger partial charge is 0.220 e. The summed E-state index contributed by atoms with van der Waals surface area (Å²) in [5, 5.41) is 5.24. The maximum Gasteiger partial charge on any atom is 0.209 e. The minimum atomic E-state index is 0.822. The van der Waals surface area contributed by atoms with Crippen LogP contribution in [0.5, 0.6) is 0 Å². The van der Waals surface area contributed by atoms with Gasteiger partial charge >= 0.3 is 0 Å². The highest BCUT2D eigenvalue weighted by Crippen LogP contribution is 2.20. The lowest BCUT2D eigenvalue weighted by molar-refractivity contribution is 0.887. The van der Waals surface area contributed by atoms with Gasteiger partial charge in [0.05, 0.1) is 0 Å². The van der Waals surface area contributed by atoms with Crippen molar-refractivity contribution >= 4 is 17.4 Å². The van der Waals surface area contributed by atoms with Gasteiger partial charge in [-0.15, -0.1) is 5.10 Å². The molecule has 2 aromatic heterocycles. The van der Waals surface area contributed by atoms with Gasteiger partial charge in [0.25, 0.3) is 0 Å². The number of hydrogen-bond donors (Lipinski definition) is 0. The minimum absolute atomic E-state index is 0.822. The zero-order chi connectivity index (χ0) is 12.4. The van der Waals surface area contributed by atoms with Crippen LogP contribution in [0.1, 0.15) is 11.1 Å². The molecular formula is C14H13N3S. The summed E-state index contributed by atoms with van der Waals surface area (Å²) in [4.78, 5) is 4.47. The molecule has 0 aliphatic rings. The van der Waals surface area contributed by atoms with Gasteiger partial charge in [0.15, 0.2) is 5.65 Å². The molecule has 0 aliphatic carbocycles. The molecule has 0 saturated heterocycles. The van der Waals surface area contributed by atoms with E-state index in [1.54, 1.807) is 16.3 Å². The quantitative estimate of drug-likeness (QED) is 0.672. The van der Waals surface area contributed by atoms with Crippen LogP contribution in [0.2, 0.25) is 0 Å². The van der Waals surface area contributed by atoms with E-state index in [4.69, 9.17) is 0 Å². The number of aryl methyl sites for hydroxylation is 1. The summed E-state index contributed by atoms with van der Waals surface area (Å²) in [7, 11) is 0. The van der Waals surface area contributed by atoms with E-state index >= 15 is 0 Å². The van der Waals surface area contributed by atoms with E-state index in [0.29, 0.717) is 0 Å². The van der Waals surface area contributed by atoms with Crippen molar-refractivity contribution in [2.45, 2.75) is 17.8 Å². The van der Waals surface area contributed by atoms with Crippen molar-refractivity contribution in [3.63, 3.8) is 0 Å². The maximum atomic E-state index is 4.47. The lowest BCUT2D eigenvalue weighted by atomic mass is 10.2. The monoisotopic (exact) mass is 255 g/mol. The van der Waals surface area contributed by atoms with Crippen molar-refractivity contribution < 1.29 is 0 Å². The van der Waals surface area contributed by atoms with Gasteiger partial charge < -0.3 is 0 Å². The van der Waals surface area contributed by atoms with Gasteiger partial charge in [-0.2, -0.15) is 0 Å². The SMILES string of the molecule is Cc1cccc(CSc2nc3ccccn3n2)c1. The Labute approximate surface area is 110 Å². The minimum Gasteiger partial charge on any atom is -0.220 e. The summed E-state index contributed by atoms with van der Waals surface area (Å²) in [5.41, 5.74) is 3.49. The third-order valence-corrected chi connectivity index (χ3v) is 3.58. The molecule has 0 bridgehead atoms. The molecular weight excluding hydrogens is 242 g/mol. The second-order valence-corrected chi connectivity index (χ2v) is 5.12. The fourth-order valence-electron chi connectivity index (χ4n) is 1.82. The van der Waals surface area contributed by atoms with Crippen molar-refractivity contribution in [3.8, 4) is 0 Å². The van der Waals surface area contributed by atoms with Crippen LogP contribution < -0.4 is 0 Å². The van der Waals surface area contributed by atoms with Gasteiger partial charge in [0, 0.05) is 11.9 Å². The summed E-state index contributed by atoms with van der Waals surface area (Å²) in [6.45, 7) is 2.11. The van der Waals surface area contributed by atoms with Crippen LogP contribution in [0.15, 0.2) is 53.8 Å². The summed E-state index contributed by atoms with van der Waals surface area (Å²) in [6.07, 6.45) is 1.92. The molecule has 1 aromatic carbocycles. The molecule has 4 heteroatoms. The Bertz CT molecular complexity index is 642. The molecule has 3 nitrogen and oxygen atoms in total. The molecule has 90 valence electrons. The number of nitrogens with zero attached hydrogens (tertiary/aromatic N) is 3. The molecule has 18 heavy (non-hydrogen) atoms. The Kier molecular flexibility index (Phi) is 3.02. The fraction of sp³-hybridized carbons (Fsp3) is 0.143. The summed E-state index contributed by atoms with van der Waals surface area (Å²) < 4.78 is 1.80. The third-order valence-electron chi connectivity index (χ3n) is 2.67. The molecule has 0 radical (unpaired) electrons. The molecule has 0 unspecified atom stereocenters. The van der Waals surface area contributed by atoms with Crippen LogP contribution in [0, 0.1) is 6.92 Å². The Morgan fingerprint density at radius 2 is 2.11 bits per heavy atom. The Hall–Kier alpha value is -1.81. The topological polar surface area (TPSA) is 30.2 Å². The molecule has 0 amide bonds. The molecule has 0 atom stereocenters. The zero-order valence-electron chi connectivity index (χ0n) is 10.1. The van der Waals surface area contributed by atoms with Gasteiger partial charge in [-0.3, -0.25) is 0 Å². The van der Waals surface area contributed by atoms with Crippen molar-refractivity contribution in [1.82, 2.24) is 14.6 Å². The zero-order valence-corrected chi connectivity index (χ0v) is 10.9. The number of benzene rings is 1. The first-order chi connectivity index (χ1) is 8.81. The molecule has 3 rings (SSSR count). The first-order valence-electron chi connectivity index (χ1n) is 5.81. The molecule has 0 fully saturated rings. The van der Waals surface area contributed by atoms with Gasteiger partial charge in [0.2, 0.25) is 5.16 Å². The summed E-state index contributed by atoms with van der Waals surface area (Å²) in [5.74, 6) is 0.901. The third kappa shape index (κ3) is 2.38. The predicted molar refractivity (Wildman–Crippen MR) is 73.7 cm³/mol. The Morgan fingerprint density at radius 3 is 2.94 bits per heavy atom. The van der Waals surface area contributed by atoms with Crippen LogP contribution in [-0.4, -0.2) is 14.6 Å². The van der Waals surface area contributed by atoms with Crippen LogP contribution in [0.3, 0.4) is 0 Å². The fourth-order valence-corrected chi connectivity index (χ4v) is 2.60. The van der Waals surface area contributed by atoms with Crippen molar-refractivity contribution in [2.24, 2.45) is 0 Å². The van der Waals surface area contributed by atoms with E-state index in [1.165, 1.54) is 11.1 Å². The normalized spacial score (nSPS) is 10.9. The van der Waals surface area contributed by atoms with Gasteiger partial charge in [-0.1, -0.05) is 47.7 Å². The highest BCUT2D eigenvalue weighted by atomic mass is 32.2. The second-order valence-electron chi connectivity index (χ2n) is 4.18. The molecule has 0 saturated carbocycles. The summed E-state index contributed by atoms with van der Waals surface area (Å²) in [6, 6.07) is 14.4. The van der Waals surface area contributed by atoms with Gasteiger partial charge in [0.1, 0.15) is 0 Å². The maximum absolute atomic E-state index is 4.47. The van der Waals surface area contributed by atoms with E-state index in [1.807, 2.05) is 24.4 Å². The average Bonchev–Trinajstić information content (AvgIpc) is 2.79. The summed E-state index contributed by atoms with van der Waals surface area (Å²) >= 11 is 1.66. The van der Waals surface area contributed by atoms with Crippen LogP contribution in [-0.2, 0) is 5.75 Å². The number of hydrogen-bond acceptors (Lipinski definition) is 3. The van der Waals surface area contributed by atoms with E-state index in [9.17, 15) is 0 Å². The lowest BCUT2D eigenvalue weighted by Gasteiger charge is -1.99. The number of pyridine rings is 1. The van der Waals surface area contributed by atoms with Gasteiger partial charge in [-0.25, -0.2) is 9.50 Å². The van der Waals surface area contributed by atoms with Crippen LogP contribution >= 0.6 is 11.8 Å². The Balaban J connectivity index is 1.76. The molecule has 0 N–H and O–H groups in total. The number of aromatic nitrogens is 3. The first-order valence-corrected chi connectivity index (χ1v) is 6.79. The van der Waals surface area contributed by atoms with E-state index in [0.717, 1.165) is 16.6 Å². The van der Waals surface area contributed by atoms with Crippen molar-refractivity contribution in [3.05, 3.63) is 59.8 Å². The van der Waals surface area contributed by atoms with Crippen LogP contribution in [0.4, 0.5) is 0 Å². The smallest absolute Gasteiger partial charge is 0.209 e. The predicted octanol–water partition coefficient (Wildman–Crippen LogP) is 3.33. The van der Waals surface area contributed by atoms with Crippen LogP contribution in [0.25, 0.3) is 5.65 Å². The molecule has 0 aliphatic heterocycles. The standard InChI is InChI=1S/C14H13N3S/c1-11-5-4-6-12(9-11)10-18-14-15-13-7-2-3-8-17(13)16-14/h2-9H,10H2,1H3. The number of thioether (sulfide) groups is 1. The van der Waals surface area contributed by atoms with E-state index in [-0.39, 0.29) is 0 Å². The Morgan fingerprint density at radius 1 is 1.17 bits per heavy atom. The van der Waals surface area contributed by atoms with Crippen molar-refractivity contribution in [2.75, 3.05) is 0 Å². The number of rotatable bonds is 3. The van der Waals surface area contributed by atoms with Gasteiger partial charge in [-0.05, 0) is 24.6 Å². The van der Waals surface area contributed by atoms with Crippen molar-refractivity contribution in [1.29, 1.82) is 0 Å².